The van der Waals surface area contributed by atoms with E-state index in [0.29, 0.717) is 5.89 Å². The van der Waals surface area contributed by atoms with Gasteiger partial charge in [0.15, 0.2) is 5.58 Å². The fraction of sp³-hybridized carbons (Fsp3) is 0. The summed E-state index contributed by atoms with van der Waals surface area (Å²) in [5.41, 5.74) is 10.7. The number of nitrogens with zero attached hydrogens (tertiary/aromatic N) is 3. The highest BCUT2D eigenvalue weighted by atomic mass is 16.3. The molecule has 0 N–H and O–H groups in total. The van der Waals surface area contributed by atoms with Gasteiger partial charge in [0.25, 0.3) is 0 Å². The van der Waals surface area contributed by atoms with E-state index >= 15 is 0 Å². The Morgan fingerprint density at radius 3 is 1.45 bits per heavy atom. The van der Waals surface area contributed by atoms with E-state index in [4.69, 9.17) is 13.8 Å². The number of aromatic nitrogens is 1. The predicted molar refractivity (Wildman–Crippen MR) is 231 cm³/mol. The first-order chi connectivity index (χ1) is 27.8. The molecule has 0 unspecified atom stereocenters. The van der Waals surface area contributed by atoms with E-state index in [0.717, 1.165) is 94.3 Å². The molecule has 2 aromatic heterocycles. The summed E-state index contributed by atoms with van der Waals surface area (Å²) in [6, 6.07) is 69.6. The number of furan rings is 1. The number of hydrogen-bond donors (Lipinski definition) is 0. The molecular formula is C51H33N3O2. The zero-order valence-corrected chi connectivity index (χ0v) is 30.2. The Morgan fingerprint density at radius 2 is 0.804 bits per heavy atom. The minimum Gasteiger partial charge on any atom is -0.456 e. The van der Waals surface area contributed by atoms with Crippen molar-refractivity contribution in [3.8, 4) is 11.5 Å². The van der Waals surface area contributed by atoms with E-state index in [-0.39, 0.29) is 0 Å². The van der Waals surface area contributed by atoms with Gasteiger partial charge in [-0.3, -0.25) is 0 Å². The monoisotopic (exact) mass is 719 g/mol. The molecule has 0 aliphatic rings. The molecular weight excluding hydrogens is 687 g/mol. The smallest absolute Gasteiger partial charge is 0.227 e. The highest BCUT2D eigenvalue weighted by Crippen LogP contribution is 2.43. The van der Waals surface area contributed by atoms with Crippen LogP contribution in [0.4, 0.5) is 34.1 Å². The van der Waals surface area contributed by atoms with E-state index in [1.54, 1.807) is 0 Å². The predicted octanol–water partition coefficient (Wildman–Crippen LogP) is 14.6. The molecule has 0 amide bonds. The molecule has 0 atom stereocenters. The second-order valence-corrected chi connectivity index (χ2v) is 14.0. The van der Waals surface area contributed by atoms with Gasteiger partial charge in [-0.1, -0.05) is 97.1 Å². The van der Waals surface area contributed by atoms with Gasteiger partial charge in [-0.15, -0.1) is 0 Å². The molecule has 2 heterocycles. The third kappa shape index (κ3) is 5.29. The number of oxazole rings is 1. The van der Waals surface area contributed by atoms with Crippen molar-refractivity contribution >= 4 is 88.7 Å². The molecule has 0 saturated heterocycles. The number of hydrogen-bond acceptors (Lipinski definition) is 5. The molecule has 9 aromatic carbocycles. The van der Waals surface area contributed by atoms with Crippen molar-refractivity contribution in [3.63, 3.8) is 0 Å². The van der Waals surface area contributed by atoms with Crippen molar-refractivity contribution in [1.29, 1.82) is 0 Å². The van der Waals surface area contributed by atoms with Crippen molar-refractivity contribution < 1.29 is 8.83 Å². The van der Waals surface area contributed by atoms with Crippen molar-refractivity contribution in [3.05, 3.63) is 200 Å². The molecule has 0 fully saturated rings. The summed E-state index contributed by atoms with van der Waals surface area (Å²) in [6.45, 7) is 0. The second kappa shape index (κ2) is 13.0. The summed E-state index contributed by atoms with van der Waals surface area (Å²) < 4.78 is 12.9. The van der Waals surface area contributed by atoms with Crippen LogP contribution in [-0.4, -0.2) is 4.98 Å². The molecule has 0 aliphatic carbocycles. The number of para-hydroxylation sites is 4. The van der Waals surface area contributed by atoms with E-state index in [1.807, 2.05) is 18.2 Å². The van der Waals surface area contributed by atoms with Gasteiger partial charge in [0.1, 0.15) is 16.7 Å². The first-order valence-corrected chi connectivity index (χ1v) is 18.8. The molecule has 0 aliphatic heterocycles. The lowest BCUT2D eigenvalue weighted by atomic mass is 9.99. The third-order valence-corrected chi connectivity index (χ3v) is 10.6. The average Bonchev–Trinajstić information content (AvgIpc) is 3.88. The zero-order valence-electron chi connectivity index (χ0n) is 30.2. The van der Waals surface area contributed by atoms with Crippen LogP contribution in [0.2, 0.25) is 0 Å². The summed E-state index contributed by atoms with van der Waals surface area (Å²) in [7, 11) is 0. The molecule has 0 spiro atoms. The Morgan fingerprint density at radius 1 is 0.321 bits per heavy atom. The summed E-state index contributed by atoms with van der Waals surface area (Å²) in [4.78, 5) is 9.76. The maximum absolute atomic E-state index is 6.70. The molecule has 0 radical (unpaired) electrons. The van der Waals surface area contributed by atoms with Crippen LogP contribution < -0.4 is 9.80 Å². The molecule has 56 heavy (non-hydrogen) atoms. The van der Waals surface area contributed by atoms with Gasteiger partial charge in [-0.25, -0.2) is 4.98 Å². The molecule has 11 aromatic rings. The van der Waals surface area contributed by atoms with Crippen LogP contribution in [-0.2, 0) is 0 Å². The summed E-state index contributed by atoms with van der Waals surface area (Å²) in [5, 5.41) is 6.51. The first kappa shape index (κ1) is 31.9. The third-order valence-electron chi connectivity index (χ3n) is 10.6. The maximum Gasteiger partial charge on any atom is 0.227 e. The number of fused-ring (bicyclic) bond motifs is 9. The Kier molecular flexibility index (Phi) is 7.42. The van der Waals surface area contributed by atoms with Gasteiger partial charge >= 0.3 is 0 Å². The topological polar surface area (TPSA) is 45.7 Å². The van der Waals surface area contributed by atoms with Crippen molar-refractivity contribution in [2.45, 2.75) is 0 Å². The highest BCUT2D eigenvalue weighted by Gasteiger charge is 2.20. The number of benzene rings is 9. The Labute approximate surface area is 322 Å². The van der Waals surface area contributed by atoms with Crippen LogP contribution in [0.5, 0.6) is 0 Å². The highest BCUT2D eigenvalue weighted by molar-refractivity contribution is 6.23. The largest absolute Gasteiger partial charge is 0.456 e. The van der Waals surface area contributed by atoms with Crippen LogP contribution in [0, 0.1) is 0 Å². The fourth-order valence-electron chi connectivity index (χ4n) is 8.06. The zero-order chi connectivity index (χ0) is 37.0. The second-order valence-electron chi connectivity index (χ2n) is 14.0. The molecule has 0 bridgehead atoms. The van der Waals surface area contributed by atoms with Crippen molar-refractivity contribution in [1.82, 2.24) is 4.98 Å². The van der Waals surface area contributed by atoms with Gasteiger partial charge in [-0.05, 0) is 114 Å². The van der Waals surface area contributed by atoms with Gasteiger partial charge in [0.05, 0.1) is 0 Å². The summed E-state index contributed by atoms with van der Waals surface area (Å²) in [5.74, 6) is 0.584. The summed E-state index contributed by atoms with van der Waals surface area (Å²) >= 11 is 0. The fourth-order valence-corrected chi connectivity index (χ4v) is 8.06. The van der Waals surface area contributed by atoms with E-state index in [1.165, 1.54) is 0 Å². The molecule has 11 rings (SSSR count). The SMILES string of the molecule is c1ccc(N(c2ccc(-c3nc4c5ccc(N(c6ccccc6)c6ccccc6)cc5c5ccccc5c4o3)cc2)c2ccc3oc4ccccc4c3c2)cc1. The number of anilines is 6. The van der Waals surface area contributed by atoms with Gasteiger partial charge in [0.2, 0.25) is 5.89 Å². The van der Waals surface area contributed by atoms with E-state index in [9.17, 15) is 0 Å². The van der Waals surface area contributed by atoms with Crippen LogP contribution in [0.25, 0.3) is 66.0 Å². The summed E-state index contributed by atoms with van der Waals surface area (Å²) in [6.07, 6.45) is 0. The quantitative estimate of drug-likeness (QED) is 0.153. The van der Waals surface area contributed by atoms with Gasteiger partial charge < -0.3 is 18.6 Å². The van der Waals surface area contributed by atoms with Crippen LogP contribution >= 0.6 is 0 Å². The van der Waals surface area contributed by atoms with Crippen LogP contribution in [0.15, 0.2) is 209 Å². The Bertz CT molecular complexity index is 3150. The lowest BCUT2D eigenvalue weighted by molar-refractivity contribution is 0.623. The lowest BCUT2D eigenvalue weighted by Crippen LogP contribution is -2.09. The average molecular weight is 720 g/mol. The van der Waals surface area contributed by atoms with Gasteiger partial charge in [0, 0.05) is 61.2 Å². The van der Waals surface area contributed by atoms with Crippen molar-refractivity contribution in [2.75, 3.05) is 9.80 Å². The first-order valence-electron chi connectivity index (χ1n) is 18.8. The Balaban J connectivity index is 1.02. The van der Waals surface area contributed by atoms with Crippen molar-refractivity contribution in [2.24, 2.45) is 0 Å². The maximum atomic E-state index is 6.70. The van der Waals surface area contributed by atoms with Gasteiger partial charge in [-0.2, -0.15) is 0 Å². The minimum atomic E-state index is 0.584. The normalized spacial score (nSPS) is 11.6. The molecule has 5 nitrogen and oxygen atoms in total. The van der Waals surface area contributed by atoms with Crippen LogP contribution in [0.3, 0.4) is 0 Å². The minimum absolute atomic E-state index is 0.584. The number of rotatable bonds is 7. The van der Waals surface area contributed by atoms with E-state index < -0.39 is 0 Å². The standard InChI is InChI=1S/C51H33N3O2/c1-4-14-35(15-5-1)53(36-16-6-2-7-17-36)39-28-30-43-45(32-39)41-20-10-11-22-44(41)50-49(43)52-51(56-50)34-24-26-38(27-25-34)54(37-18-8-3-9-19-37)40-29-31-48-46(33-40)42-21-12-13-23-47(42)55-48/h1-33H. The molecule has 0 saturated carbocycles. The lowest BCUT2D eigenvalue weighted by Gasteiger charge is -2.25. The van der Waals surface area contributed by atoms with Crippen LogP contribution in [0.1, 0.15) is 0 Å². The van der Waals surface area contributed by atoms with E-state index in [2.05, 4.69) is 192 Å². The molecule has 264 valence electrons. The molecule has 5 heteroatoms. The Hall–Kier alpha value is -7.63.